The van der Waals surface area contributed by atoms with Crippen LogP contribution < -0.4 is 14.2 Å². The molecule has 0 aromatic heterocycles. The van der Waals surface area contributed by atoms with Crippen LogP contribution in [0.25, 0.3) is 0 Å². The Kier molecular flexibility index (Phi) is 7.36. The second kappa shape index (κ2) is 10.4. The van der Waals surface area contributed by atoms with Gasteiger partial charge in [0.05, 0.1) is 21.3 Å². The van der Waals surface area contributed by atoms with Crippen LogP contribution in [0.5, 0.6) is 17.2 Å². The zero-order valence-electron chi connectivity index (χ0n) is 19.2. The molecule has 2 aliphatic rings. The van der Waals surface area contributed by atoms with Crippen molar-refractivity contribution in [2.45, 2.75) is 44.7 Å². The molecule has 5 heteroatoms. The van der Waals surface area contributed by atoms with Gasteiger partial charge in [0, 0.05) is 25.7 Å². The normalized spacial score (nSPS) is 19.6. The molecule has 4 rings (SSSR count). The van der Waals surface area contributed by atoms with Crippen molar-refractivity contribution < 1.29 is 14.2 Å². The van der Waals surface area contributed by atoms with E-state index in [9.17, 15) is 0 Å². The van der Waals surface area contributed by atoms with E-state index >= 15 is 0 Å². The van der Waals surface area contributed by atoms with E-state index in [1.807, 2.05) is 6.07 Å². The molecule has 2 aromatic rings. The van der Waals surface area contributed by atoms with Crippen LogP contribution in [0.2, 0.25) is 0 Å². The minimum Gasteiger partial charge on any atom is -0.497 e. The van der Waals surface area contributed by atoms with Crippen molar-refractivity contribution >= 4 is 0 Å². The van der Waals surface area contributed by atoms with Crippen molar-refractivity contribution in [1.82, 2.24) is 9.80 Å². The summed E-state index contributed by atoms with van der Waals surface area (Å²) in [4.78, 5) is 5.35. The average molecular weight is 425 g/mol. The van der Waals surface area contributed by atoms with Crippen LogP contribution in [0.1, 0.15) is 36.0 Å². The zero-order chi connectivity index (χ0) is 21.6. The van der Waals surface area contributed by atoms with Gasteiger partial charge < -0.3 is 19.1 Å². The monoisotopic (exact) mass is 424 g/mol. The van der Waals surface area contributed by atoms with E-state index in [1.54, 1.807) is 21.3 Å². The van der Waals surface area contributed by atoms with E-state index in [0.29, 0.717) is 6.04 Å². The molecule has 31 heavy (non-hydrogen) atoms. The number of piperidine rings is 1. The molecule has 168 valence electrons. The van der Waals surface area contributed by atoms with Gasteiger partial charge in [-0.2, -0.15) is 0 Å². The van der Waals surface area contributed by atoms with Gasteiger partial charge in [0.15, 0.2) is 11.5 Å². The van der Waals surface area contributed by atoms with Crippen LogP contribution >= 0.6 is 0 Å². The first-order valence-electron chi connectivity index (χ1n) is 11.5. The van der Waals surface area contributed by atoms with Crippen LogP contribution in [0.15, 0.2) is 36.4 Å². The molecule has 1 unspecified atom stereocenters. The molecule has 2 aliphatic heterocycles. The predicted octanol–water partition coefficient (Wildman–Crippen LogP) is 4.17. The number of aryl methyl sites for hydroxylation is 1. The third kappa shape index (κ3) is 5.34. The molecule has 0 radical (unpaired) electrons. The molecule has 1 atom stereocenters. The highest BCUT2D eigenvalue weighted by molar-refractivity contribution is 5.48. The van der Waals surface area contributed by atoms with Gasteiger partial charge in [-0.15, -0.1) is 0 Å². The average Bonchev–Trinajstić information content (AvgIpc) is 2.83. The van der Waals surface area contributed by atoms with Crippen LogP contribution in [0.3, 0.4) is 0 Å². The Morgan fingerprint density at radius 3 is 2.52 bits per heavy atom. The maximum Gasteiger partial charge on any atom is 0.161 e. The lowest BCUT2D eigenvalue weighted by molar-refractivity contribution is 0.0869. The summed E-state index contributed by atoms with van der Waals surface area (Å²) >= 11 is 0. The SMILES string of the molecule is COc1cccc(CCCN2CCCC(N3CCc4cc(OC)c(OC)cc4C3)C2)c1. The predicted molar refractivity (Wildman–Crippen MR) is 124 cm³/mol. The maximum atomic E-state index is 5.54. The maximum absolute atomic E-state index is 5.54. The highest BCUT2D eigenvalue weighted by atomic mass is 16.5. The fraction of sp³-hybridized carbons (Fsp3) is 0.538. The number of likely N-dealkylation sites (tertiary alicyclic amines) is 1. The lowest BCUT2D eigenvalue weighted by Gasteiger charge is -2.41. The molecule has 0 N–H and O–H groups in total. The Balaban J connectivity index is 1.31. The summed E-state index contributed by atoms with van der Waals surface area (Å²) in [5.41, 5.74) is 4.16. The van der Waals surface area contributed by atoms with Crippen molar-refractivity contribution in [3.05, 3.63) is 53.1 Å². The molecular formula is C26H36N2O3. The Morgan fingerprint density at radius 2 is 1.74 bits per heavy atom. The minimum absolute atomic E-state index is 0.645. The molecule has 0 amide bonds. The van der Waals surface area contributed by atoms with Gasteiger partial charge in [0.1, 0.15) is 5.75 Å². The first-order valence-corrected chi connectivity index (χ1v) is 11.5. The molecule has 1 fully saturated rings. The van der Waals surface area contributed by atoms with Gasteiger partial charge in [-0.25, -0.2) is 0 Å². The van der Waals surface area contributed by atoms with Gasteiger partial charge in [-0.1, -0.05) is 12.1 Å². The summed E-state index contributed by atoms with van der Waals surface area (Å²) in [6, 6.07) is 13.5. The van der Waals surface area contributed by atoms with Crippen molar-refractivity contribution in [3.8, 4) is 17.2 Å². The first kappa shape index (κ1) is 22.0. The summed E-state index contributed by atoms with van der Waals surface area (Å²) in [6.45, 7) is 5.72. The highest BCUT2D eigenvalue weighted by Crippen LogP contribution is 2.34. The number of nitrogens with zero attached hydrogens (tertiary/aromatic N) is 2. The molecular weight excluding hydrogens is 388 g/mol. The van der Waals surface area contributed by atoms with E-state index < -0.39 is 0 Å². The summed E-state index contributed by atoms with van der Waals surface area (Å²) in [5.74, 6) is 2.63. The number of hydrogen-bond acceptors (Lipinski definition) is 5. The second-order valence-electron chi connectivity index (χ2n) is 8.75. The third-order valence-corrected chi connectivity index (χ3v) is 6.82. The van der Waals surface area contributed by atoms with Crippen LogP contribution in [0, 0.1) is 0 Å². The van der Waals surface area contributed by atoms with Gasteiger partial charge in [0.2, 0.25) is 0 Å². The molecule has 0 saturated carbocycles. The van der Waals surface area contributed by atoms with Crippen molar-refractivity contribution in [1.29, 1.82) is 0 Å². The Labute approximate surface area is 186 Å². The summed E-state index contributed by atoms with van der Waals surface area (Å²) in [5, 5.41) is 0. The lowest BCUT2D eigenvalue weighted by atomic mass is 9.95. The van der Waals surface area contributed by atoms with Crippen LogP contribution in [-0.2, 0) is 19.4 Å². The largest absolute Gasteiger partial charge is 0.497 e. The van der Waals surface area contributed by atoms with E-state index in [2.05, 4.69) is 40.1 Å². The smallest absolute Gasteiger partial charge is 0.161 e. The summed E-state index contributed by atoms with van der Waals surface area (Å²) < 4.78 is 16.4. The molecule has 2 heterocycles. The Hall–Kier alpha value is -2.24. The minimum atomic E-state index is 0.645. The second-order valence-corrected chi connectivity index (χ2v) is 8.75. The quantitative estimate of drug-likeness (QED) is 0.635. The number of ether oxygens (including phenoxy) is 3. The van der Waals surface area contributed by atoms with E-state index in [-0.39, 0.29) is 0 Å². The number of hydrogen-bond donors (Lipinski definition) is 0. The third-order valence-electron chi connectivity index (χ3n) is 6.82. The number of rotatable bonds is 8. The highest BCUT2D eigenvalue weighted by Gasteiger charge is 2.28. The van der Waals surface area contributed by atoms with E-state index in [1.165, 1.54) is 55.6 Å². The Morgan fingerprint density at radius 1 is 0.935 bits per heavy atom. The fourth-order valence-corrected chi connectivity index (χ4v) is 5.08. The molecule has 1 saturated heterocycles. The summed E-state index contributed by atoms with van der Waals surface area (Å²) in [7, 11) is 5.16. The number of benzene rings is 2. The molecule has 0 spiro atoms. The Bertz CT molecular complexity index is 870. The molecule has 5 nitrogen and oxygen atoms in total. The van der Waals surface area contributed by atoms with Crippen LogP contribution in [-0.4, -0.2) is 63.4 Å². The zero-order valence-corrected chi connectivity index (χ0v) is 19.2. The molecule has 2 aromatic carbocycles. The van der Waals surface area contributed by atoms with Gasteiger partial charge in [-0.05, 0) is 86.1 Å². The molecule has 0 aliphatic carbocycles. The topological polar surface area (TPSA) is 34.2 Å². The van der Waals surface area contributed by atoms with Crippen LogP contribution in [0.4, 0.5) is 0 Å². The molecule has 0 bridgehead atoms. The fourth-order valence-electron chi connectivity index (χ4n) is 5.08. The lowest BCUT2D eigenvalue weighted by Crippen LogP contribution is -2.49. The van der Waals surface area contributed by atoms with Crippen molar-refractivity contribution in [2.24, 2.45) is 0 Å². The standard InChI is InChI=1S/C26H36N2O3/c1-29-24-10-4-7-20(15-24)8-5-12-27-13-6-9-23(19-27)28-14-11-21-16-25(30-2)26(31-3)17-22(21)18-28/h4,7,10,15-17,23H,5-6,8-9,11-14,18-19H2,1-3H3. The number of fused-ring (bicyclic) bond motifs is 1. The summed E-state index contributed by atoms with van der Waals surface area (Å²) in [6.07, 6.45) is 5.98. The number of methoxy groups -OCH3 is 3. The van der Waals surface area contributed by atoms with Gasteiger partial charge in [0.25, 0.3) is 0 Å². The van der Waals surface area contributed by atoms with E-state index in [0.717, 1.165) is 43.2 Å². The van der Waals surface area contributed by atoms with E-state index in [4.69, 9.17) is 14.2 Å². The van der Waals surface area contributed by atoms with Crippen molar-refractivity contribution in [2.75, 3.05) is 47.5 Å². The first-order chi connectivity index (χ1) is 15.2. The van der Waals surface area contributed by atoms with Gasteiger partial charge in [-0.3, -0.25) is 4.90 Å². The van der Waals surface area contributed by atoms with Crippen molar-refractivity contribution in [3.63, 3.8) is 0 Å². The van der Waals surface area contributed by atoms with Gasteiger partial charge >= 0.3 is 0 Å².